The van der Waals surface area contributed by atoms with E-state index in [9.17, 15) is 9.59 Å². The lowest BCUT2D eigenvalue weighted by Crippen LogP contribution is -2.42. The van der Waals surface area contributed by atoms with Gasteiger partial charge in [0.05, 0.1) is 12.1 Å². The number of nitrogens with zero attached hydrogens (tertiary/aromatic N) is 1. The number of benzene rings is 1. The Morgan fingerprint density at radius 2 is 1.94 bits per heavy atom. The van der Waals surface area contributed by atoms with Gasteiger partial charge in [0.1, 0.15) is 0 Å². The molecule has 1 aromatic carbocycles. The normalized spacial score (nSPS) is 14.9. The maximum atomic E-state index is 12.2. The molecular formula is C13H9NO2S. The van der Waals surface area contributed by atoms with Gasteiger partial charge in [-0.25, -0.2) is 4.90 Å². The lowest BCUT2D eigenvalue weighted by molar-refractivity contribution is -0.117. The van der Waals surface area contributed by atoms with Gasteiger partial charge < -0.3 is 0 Å². The second kappa shape index (κ2) is 3.82. The third-order valence-electron chi connectivity index (χ3n) is 2.81. The van der Waals surface area contributed by atoms with Crippen molar-refractivity contribution in [2.24, 2.45) is 0 Å². The fourth-order valence-corrected chi connectivity index (χ4v) is 2.62. The van der Waals surface area contributed by atoms with Crippen molar-refractivity contribution in [1.29, 1.82) is 0 Å². The van der Waals surface area contributed by atoms with E-state index in [0.717, 1.165) is 5.56 Å². The van der Waals surface area contributed by atoms with E-state index in [1.54, 1.807) is 12.1 Å². The number of amides is 2. The van der Waals surface area contributed by atoms with Crippen molar-refractivity contribution < 1.29 is 9.59 Å². The molecule has 4 heteroatoms. The Labute approximate surface area is 102 Å². The molecule has 0 bridgehead atoms. The van der Waals surface area contributed by atoms with Crippen molar-refractivity contribution >= 4 is 28.8 Å². The maximum absolute atomic E-state index is 12.2. The lowest BCUT2D eigenvalue weighted by Gasteiger charge is -2.25. The Bertz CT molecular complexity index is 589. The van der Waals surface area contributed by atoms with Gasteiger partial charge in [0.2, 0.25) is 5.91 Å². The predicted octanol–water partition coefficient (Wildman–Crippen LogP) is 2.48. The molecular weight excluding hydrogens is 234 g/mol. The minimum absolute atomic E-state index is 0.160. The third kappa shape index (κ3) is 1.57. The Morgan fingerprint density at radius 1 is 1.12 bits per heavy atom. The number of rotatable bonds is 1. The van der Waals surface area contributed by atoms with Gasteiger partial charge in [-0.2, -0.15) is 11.3 Å². The van der Waals surface area contributed by atoms with Crippen molar-refractivity contribution in [3.05, 3.63) is 52.2 Å². The summed E-state index contributed by atoms with van der Waals surface area (Å²) in [5, 5.41) is 3.67. The number of imide groups is 1. The van der Waals surface area contributed by atoms with Crippen molar-refractivity contribution in [3.63, 3.8) is 0 Å². The third-order valence-corrected chi connectivity index (χ3v) is 3.48. The van der Waals surface area contributed by atoms with Crippen LogP contribution in [0.5, 0.6) is 0 Å². The van der Waals surface area contributed by atoms with Crippen molar-refractivity contribution in [2.75, 3.05) is 4.90 Å². The SMILES string of the molecule is O=C1Cc2ccccc2C(=O)N1c1ccsc1. The van der Waals surface area contributed by atoms with Crippen molar-refractivity contribution in [2.45, 2.75) is 6.42 Å². The Kier molecular flexibility index (Phi) is 2.30. The monoisotopic (exact) mass is 243 g/mol. The molecule has 84 valence electrons. The van der Waals surface area contributed by atoms with Gasteiger partial charge >= 0.3 is 0 Å². The van der Waals surface area contributed by atoms with Gasteiger partial charge in [-0.3, -0.25) is 9.59 Å². The molecule has 1 aliphatic heterocycles. The van der Waals surface area contributed by atoms with Crippen LogP contribution < -0.4 is 4.90 Å². The maximum Gasteiger partial charge on any atom is 0.265 e. The molecule has 0 fully saturated rings. The van der Waals surface area contributed by atoms with Crippen LogP contribution in [0.4, 0.5) is 5.69 Å². The summed E-state index contributed by atoms with van der Waals surface area (Å²) in [4.78, 5) is 25.5. The highest BCUT2D eigenvalue weighted by Gasteiger charge is 2.31. The van der Waals surface area contributed by atoms with Crippen molar-refractivity contribution in [3.8, 4) is 0 Å². The minimum Gasteiger partial charge on any atom is -0.274 e. The number of anilines is 1. The first kappa shape index (κ1) is 10.2. The number of hydrogen-bond acceptors (Lipinski definition) is 3. The second-order valence-corrected chi connectivity index (χ2v) is 4.63. The number of hydrogen-bond donors (Lipinski definition) is 0. The standard InChI is InChI=1S/C13H9NO2S/c15-12-7-9-3-1-2-4-11(9)13(16)14(12)10-5-6-17-8-10/h1-6,8H,7H2. The van der Waals surface area contributed by atoms with E-state index in [4.69, 9.17) is 0 Å². The molecule has 2 aromatic rings. The highest BCUT2D eigenvalue weighted by molar-refractivity contribution is 7.08. The summed E-state index contributed by atoms with van der Waals surface area (Å²) in [6.07, 6.45) is 0.289. The van der Waals surface area contributed by atoms with Crippen LogP contribution in [0.15, 0.2) is 41.1 Å². The van der Waals surface area contributed by atoms with Crippen LogP contribution in [-0.2, 0) is 11.2 Å². The van der Waals surface area contributed by atoms with E-state index < -0.39 is 0 Å². The van der Waals surface area contributed by atoms with Gasteiger partial charge in [0, 0.05) is 10.9 Å². The van der Waals surface area contributed by atoms with Crippen LogP contribution >= 0.6 is 11.3 Å². The average Bonchev–Trinajstić information content (AvgIpc) is 2.83. The summed E-state index contributed by atoms with van der Waals surface area (Å²) >= 11 is 1.47. The topological polar surface area (TPSA) is 37.4 Å². The van der Waals surface area contributed by atoms with E-state index in [0.29, 0.717) is 11.3 Å². The smallest absolute Gasteiger partial charge is 0.265 e. The number of carbonyl (C=O) groups excluding carboxylic acids is 2. The summed E-state index contributed by atoms with van der Waals surface area (Å²) in [6.45, 7) is 0. The molecule has 17 heavy (non-hydrogen) atoms. The summed E-state index contributed by atoms with van der Waals surface area (Å²) in [7, 11) is 0. The van der Waals surface area contributed by atoms with Crippen LogP contribution in [0.3, 0.4) is 0 Å². The molecule has 0 atom stereocenters. The fourth-order valence-electron chi connectivity index (χ4n) is 2.00. The molecule has 1 aromatic heterocycles. The van der Waals surface area contributed by atoms with E-state index >= 15 is 0 Å². The van der Waals surface area contributed by atoms with E-state index in [2.05, 4.69) is 0 Å². The zero-order valence-corrected chi connectivity index (χ0v) is 9.74. The summed E-state index contributed by atoms with van der Waals surface area (Å²) in [5.41, 5.74) is 2.10. The van der Waals surface area contributed by atoms with E-state index in [1.807, 2.05) is 29.0 Å². The molecule has 2 amide bonds. The molecule has 0 unspecified atom stereocenters. The zero-order valence-electron chi connectivity index (χ0n) is 8.92. The molecule has 1 aliphatic rings. The minimum atomic E-state index is -0.227. The molecule has 0 saturated carbocycles. The summed E-state index contributed by atoms with van der Waals surface area (Å²) in [5.74, 6) is -0.387. The first-order chi connectivity index (χ1) is 8.27. The molecule has 0 aliphatic carbocycles. The van der Waals surface area contributed by atoms with Gasteiger partial charge in [0.15, 0.2) is 0 Å². The van der Waals surface area contributed by atoms with Gasteiger partial charge in [-0.1, -0.05) is 18.2 Å². The van der Waals surface area contributed by atoms with Gasteiger partial charge in [-0.05, 0) is 23.1 Å². The molecule has 0 spiro atoms. The fraction of sp³-hybridized carbons (Fsp3) is 0.0769. The van der Waals surface area contributed by atoms with Crippen LogP contribution in [0, 0.1) is 0 Å². The van der Waals surface area contributed by atoms with Crippen LogP contribution in [-0.4, -0.2) is 11.8 Å². The Balaban J connectivity index is 2.10. The second-order valence-electron chi connectivity index (χ2n) is 3.85. The predicted molar refractivity (Wildman–Crippen MR) is 66.3 cm³/mol. The van der Waals surface area contributed by atoms with Gasteiger partial charge in [0.25, 0.3) is 5.91 Å². The summed E-state index contributed by atoms with van der Waals surface area (Å²) in [6, 6.07) is 9.05. The van der Waals surface area contributed by atoms with Crippen LogP contribution in [0.1, 0.15) is 15.9 Å². The largest absolute Gasteiger partial charge is 0.274 e. The van der Waals surface area contributed by atoms with Crippen molar-refractivity contribution in [1.82, 2.24) is 0 Å². The quantitative estimate of drug-likeness (QED) is 0.721. The molecule has 0 radical (unpaired) electrons. The first-order valence-corrected chi connectivity index (χ1v) is 6.19. The first-order valence-electron chi connectivity index (χ1n) is 5.25. The van der Waals surface area contributed by atoms with E-state index in [-0.39, 0.29) is 18.2 Å². The molecule has 0 saturated heterocycles. The molecule has 2 heterocycles. The molecule has 3 rings (SSSR count). The van der Waals surface area contributed by atoms with Crippen LogP contribution in [0.25, 0.3) is 0 Å². The number of carbonyl (C=O) groups is 2. The molecule has 3 nitrogen and oxygen atoms in total. The average molecular weight is 243 g/mol. The number of thiophene rings is 1. The Morgan fingerprint density at radius 3 is 2.71 bits per heavy atom. The molecule has 0 N–H and O–H groups in total. The van der Waals surface area contributed by atoms with Gasteiger partial charge in [-0.15, -0.1) is 0 Å². The highest BCUT2D eigenvalue weighted by Crippen LogP contribution is 2.26. The number of fused-ring (bicyclic) bond motifs is 1. The highest BCUT2D eigenvalue weighted by atomic mass is 32.1. The Hall–Kier alpha value is -1.94. The lowest BCUT2D eigenvalue weighted by atomic mass is 9.98. The summed E-state index contributed by atoms with van der Waals surface area (Å²) < 4.78 is 0. The zero-order chi connectivity index (χ0) is 11.8. The van der Waals surface area contributed by atoms with E-state index in [1.165, 1.54) is 16.2 Å². The van der Waals surface area contributed by atoms with Crippen LogP contribution in [0.2, 0.25) is 0 Å².